The van der Waals surface area contributed by atoms with Crippen molar-refractivity contribution in [1.82, 2.24) is 5.32 Å². The molecule has 0 unspecified atom stereocenters. The molecule has 0 aliphatic heterocycles. The van der Waals surface area contributed by atoms with E-state index in [1.165, 1.54) is 16.7 Å². The first-order valence-corrected chi connectivity index (χ1v) is 6.57. The van der Waals surface area contributed by atoms with Gasteiger partial charge in [-0.2, -0.15) is 0 Å². The van der Waals surface area contributed by atoms with Gasteiger partial charge in [-0.25, -0.2) is 0 Å². The number of nitrogens with one attached hydrogen (secondary N) is 1. The summed E-state index contributed by atoms with van der Waals surface area (Å²) in [6.45, 7) is 5.16. The summed E-state index contributed by atoms with van der Waals surface area (Å²) in [5.74, 6) is 0. The lowest BCUT2D eigenvalue weighted by molar-refractivity contribution is 0.574. The number of hydrogen-bond donors (Lipinski definition) is 1. The van der Waals surface area contributed by atoms with Gasteiger partial charge in [-0.05, 0) is 37.1 Å². The standard InChI is InChI=1S/C16H18ClN/c1-12-4-3-5-14(10-12)11-18-13(2)15-6-8-16(17)9-7-15/h3-10,13,18H,11H2,1-2H3/t13-/m1/s1. The van der Waals surface area contributed by atoms with Crippen molar-refractivity contribution < 1.29 is 0 Å². The lowest BCUT2D eigenvalue weighted by Gasteiger charge is -2.14. The molecule has 18 heavy (non-hydrogen) atoms. The van der Waals surface area contributed by atoms with Crippen LogP contribution in [0.1, 0.15) is 29.7 Å². The van der Waals surface area contributed by atoms with E-state index in [1.54, 1.807) is 0 Å². The second-order valence-electron chi connectivity index (χ2n) is 4.64. The van der Waals surface area contributed by atoms with Gasteiger partial charge in [0.2, 0.25) is 0 Å². The largest absolute Gasteiger partial charge is 0.306 e. The lowest BCUT2D eigenvalue weighted by Crippen LogP contribution is -2.18. The van der Waals surface area contributed by atoms with Gasteiger partial charge < -0.3 is 5.32 Å². The Morgan fingerprint density at radius 3 is 2.50 bits per heavy atom. The van der Waals surface area contributed by atoms with Crippen molar-refractivity contribution in [2.24, 2.45) is 0 Å². The van der Waals surface area contributed by atoms with Crippen LogP contribution in [0, 0.1) is 6.92 Å². The quantitative estimate of drug-likeness (QED) is 0.853. The lowest BCUT2D eigenvalue weighted by atomic mass is 10.1. The molecule has 1 N–H and O–H groups in total. The van der Waals surface area contributed by atoms with Crippen LogP contribution in [0.3, 0.4) is 0 Å². The van der Waals surface area contributed by atoms with Crippen LogP contribution in [0.25, 0.3) is 0 Å². The van der Waals surface area contributed by atoms with Gasteiger partial charge in [0, 0.05) is 17.6 Å². The molecular weight excluding hydrogens is 242 g/mol. The zero-order valence-corrected chi connectivity index (χ0v) is 11.5. The summed E-state index contributed by atoms with van der Waals surface area (Å²) in [5.41, 5.74) is 3.87. The van der Waals surface area contributed by atoms with Crippen molar-refractivity contribution >= 4 is 11.6 Å². The van der Waals surface area contributed by atoms with E-state index in [1.807, 2.05) is 12.1 Å². The number of rotatable bonds is 4. The molecule has 0 bridgehead atoms. The van der Waals surface area contributed by atoms with Gasteiger partial charge >= 0.3 is 0 Å². The molecule has 0 aliphatic carbocycles. The van der Waals surface area contributed by atoms with E-state index in [4.69, 9.17) is 11.6 Å². The Bertz CT molecular complexity index is 505. The summed E-state index contributed by atoms with van der Waals surface area (Å²) < 4.78 is 0. The summed E-state index contributed by atoms with van der Waals surface area (Å²) in [6.07, 6.45) is 0. The SMILES string of the molecule is Cc1cccc(CN[C@H](C)c2ccc(Cl)cc2)c1. The molecule has 2 aromatic carbocycles. The zero-order valence-electron chi connectivity index (χ0n) is 10.8. The van der Waals surface area contributed by atoms with Gasteiger partial charge in [0.25, 0.3) is 0 Å². The van der Waals surface area contributed by atoms with E-state index in [9.17, 15) is 0 Å². The van der Waals surface area contributed by atoms with Crippen LogP contribution in [0.4, 0.5) is 0 Å². The van der Waals surface area contributed by atoms with Gasteiger partial charge in [0.15, 0.2) is 0 Å². The van der Waals surface area contributed by atoms with Gasteiger partial charge in [-0.15, -0.1) is 0 Å². The number of aryl methyl sites for hydroxylation is 1. The third kappa shape index (κ3) is 3.59. The molecule has 0 radical (unpaired) electrons. The molecular formula is C16H18ClN. The molecule has 2 rings (SSSR count). The number of hydrogen-bond acceptors (Lipinski definition) is 1. The fourth-order valence-corrected chi connectivity index (χ4v) is 2.09. The summed E-state index contributed by atoms with van der Waals surface area (Å²) in [4.78, 5) is 0. The van der Waals surface area contributed by atoms with Crippen LogP contribution in [-0.2, 0) is 6.54 Å². The van der Waals surface area contributed by atoms with Crippen LogP contribution >= 0.6 is 11.6 Å². The zero-order chi connectivity index (χ0) is 13.0. The molecule has 0 saturated carbocycles. The Morgan fingerprint density at radius 2 is 1.83 bits per heavy atom. The highest BCUT2D eigenvalue weighted by atomic mass is 35.5. The maximum absolute atomic E-state index is 5.89. The van der Waals surface area contributed by atoms with E-state index in [0.717, 1.165) is 11.6 Å². The minimum Gasteiger partial charge on any atom is -0.306 e. The second kappa shape index (κ2) is 6.03. The van der Waals surface area contributed by atoms with Crippen LogP contribution in [0.15, 0.2) is 48.5 Å². The van der Waals surface area contributed by atoms with Crippen LogP contribution in [-0.4, -0.2) is 0 Å². The summed E-state index contributed by atoms with van der Waals surface area (Å²) in [7, 11) is 0. The molecule has 0 fully saturated rings. The Labute approximate surface area is 114 Å². The normalized spacial score (nSPS) is 12.4. The van der Waals surface area contributed by atoms with E-state index < -0.39 is 0 Å². The van der Waals surface area contributed by atoms with E-state index in [-0.39, 0.29) is 0 Å². The van der Waals surface area contributed by atoms with Gasteiger partial charge in [-0.1, -0.05) is 53.6 Å². The molecule has 0 amide bonds. The van der Waals surface area contributed by atoms with Crippen LogP contribution in [0.5, 0.6) is 0 Å². The molecule has 1 nitrogen and oxygen atoms in total. The molecule has 94 valence electrons. The highest BCUT2D eigenvalue weighted by Crippen LogP contribution is 2.16. The highest BCUT2D eigenvalue weighted by Gasteiger charge is 2.04. The molecule has 2 aromatic rings. The molecule has 0 aromatic heterocycles. The van der Waals surface area contributed by atoms with Crippen molar-refractivity contribution in [2.45, 2.75) is 26.4 Å². The molecule has 0 aliphatic rings. The second-order valence-corrected chi connectivity index (χ2v) is 5.08. The van der Waals surface area contributed by atoms with Crippen molar-refractivity contribution in [3.8, 4) is 0 Å². The predicted molar refractivity (Wildman–Crippen MR) is 77.9 cm³/mol. The first-order chi connectivity index (χ1) is 8.65. The Balaban J connectivity index is 1.96. The Kier molecular flexibility index (Phi) is 4.40. The third-order valence-corrected chi connectivity index (χ3v) is 3.32. The van der Waals surface area contributed by atoms with Gasteiger partial charge in [0.1, 0.15) is 0 Å². The van der Waals surface area contributed by atoms with E-state index in [2.05, 4.69) is 55.6 Å². The van der Waals surface area contributed by atoms with Crippen LogP contribution < -0.4 is 5.32 Å². The van der Waals surface area contributed by atoms with Crippen molar-refractivity contribution in [2.75, 3.05) is 0 Å². The highest BCUT2D eigenvalue weighted by molar-refractivity contribution is 6.30. The van der Waals surface area contributed by atoms with Crippen molar-refractivity contribution in [1.29, 1.82) is 0 Å². The molecule has 1 atom stereocenters. The van der Waals surface area contributed by atoms with Crippen molar-refractivity contribution in [3.63, 3.8) is 0 Å². The first kappa shape index (κ1) is 13.1. The topological polar surface area (TPSA) is 12.0 Å². The molecule has 0 saturated heterocycles. The summed E-state index contributed by atoms with van der Waals surface area (Å²) in [6, 6.07) is 16.9. The average Bonchev–Trinajstić information content (AvgIpc) is 2.37. The number of benzene rings is 2. The minimum absolute atomic E-state index is 0.322. The van der Waals surface area contributed by atoms with Crippen molar-refractivity contribution in [3.05, 3.63) is 70.2 Å². The Hall–Kier alpha value is -1.31. The molecule has 0 spiro atoms. The molecule has 0 heterocycles. The maximum Gasteiger partial charge on any atom is 0.0406 e. The maximum atomic E-state index is 5.89. The average molecular weight is 260 g/mol. The fraction of sp³-hybridized carbons (Fsp3) is 0.250. The fourth-order valence-electron chi connectivity index (χ4n) is 1.96. The first-order valence-electron chi connectivity index (χ1n) is 6.19. The predicted octanol–water partition coefficient (Wildman–Crippen LogP) is 4.50. The third-order valence-electron chi connectivity index (χ3n) is 3.06. The van der Waals surface area contributed by atoms with Gasteiger partial charge in [-0.3, -0.25) is 0 Å². The van der Waals surface area contributed by atoms with Crippen LogP contribution in [0.2, 0.25) is 5.02 Å². The monoisotopic (exact) mass is 259 g/mol. The van der Waals surface area contributed by atoms with Gasteiger partial charge in [0.05, 0.1) is 0 Å². The van der Waals surface area contributed by atoms with E-state index >= 15 is 0 Å². The van der Waals surface area contributed by atoms with E-state index in [0.29, 0.717) is 6.04 Å². The smallest absolute Gasteiger partial charge is 0.0406 e. The minimum atomic E-state index is 0.322. The number of halogens is 1. The summed E-state index contributed by atoms with van der Waals surface area (Å²) >= 11 is 5.89. The molecule has 2 heteroatoms. The Morgan fingerprint density at radius 1 is 1.11 bits per heavy atom. The summed E-state index contributed by atoms with van der Waals surface area (Å²) in [5, 5.41) is 4.30.